The van der Waals surface area contributed by atoms with Crippen molar-refractivity contribution in [3.8, 4) is 0 Å². The van der Waals surface area contributed by atoms with E-state index in [-0.39, 0.29) is 12.5 Å². The van der Waals surface area contributed by atoms with Crippen molar-refractivity contribution in [3.63, 3.8) is 0 Å². The molecule has 0 spiro atoms. The van der Waals surface area contributed by atoms with Crippen LogP contribution in [-0.4, -0.2) is 62.7 Å². The number of nitrogens with two attached hydrogens (primary N) is 2. The maximum atomic E-state index is 12.1. The minimum Gasteiger partial charge on any atom is -0.383 e. The highest BCUT2D eigenvalue weighted by Crippen LogP contribution is 2.17. The maximum absolute atomic E-state index is 12.1. The highest BCUT2D eigenvalue weighted by Gasteiger charge is 2.25. The van der Waals surface area contributed by atoms with Gasteiger partial charge in [0.05, 0.1) is 6.61 Å². The second-order valence-electron chi connectivity index (χ2n) is 5.29. The molecule has 2 rings (SSSR count). The van der Waals surface area contributed by atoms with Gasteiger partial charge in [0.2, 0.25) is 11.8 Å². The number of rotatable bonds is 5. The molecule has 4 N–H and O–H groups in total. The molecule has 1 aromatic rings. The molecule has 7 nitrogen and oxygen atoms in total. The Morgan fingerprint density at radius 2 is 1.77 bits per heavy atom. The molecule has 1 aliphatic heterocycles. The average Bonchev–Trinajstić information content (AvgIpc) is 2.54. The SMILES string of the molecule is COCC(N)C(=O)N1CCN(c2ccc(C(N)=O)cc2)CC1. The van der Waals surface area contributed by atoms with Gasteiger partial charge in [-0.25, -0.2) is 0 Å². The normalized spacial score (nSPS) is 16.5. The van der Waals surface area contributed by atoms with Crippen molar-refractivity contribution >= 4 is 17.5 Å². The van der Waals surface area contributed by atoms with E-state index in [1.807, 2.05) is 12.1 Å². The zero-order valence-electron chi connectivity index (χ0n) is 12.7. The Labute approximate surface area is 129 Å². The molecule has 2 amide bonds. The fraction of sp³-hybridized carbons (Fsp3) is 0.467. The average molecular weight is 306 g/mol. The first kappa shape index (κ1) is 16.3. The number of nitrogens with zero attached hydrogens (tertiary/aromatic N) is 2. The molecular formula is C15H22N4O3. The van der Waals surface area contributed by atoms with Gasteiger partial charge in [-0.1, -0.05) is 0 Å². The molecule has 1 aliphatic rings. The van der Waals surface area contributed by atoms with Crippen LogP contribution in [0.1, 0.15) is 10.4 Å². The van der Waals surface area contributed by atoms with Crippen LogP contribution in [0.5, 0.6) is 0 Å². The smallest absolute Gasteiger partial charge is 0.248 e. The number of methoxy groups -OCH3 is 1. The van der Waals surface area contributed by atoms with Gasteiger partial charge < -0.3 is 26.0 Å². The Bertz CT molecular complexity index is 524. The van der Waals surface area contributed by atoms with E-state index in [4.69, 9.17) is 16.2 Å². The summed E-state index contributed by atoms with van der Waals surface area (Å²) in [4.78, 5) is 27.1. The van der Waals surface area contributed by atoms with Gasteiger partial charge in [0.25, 0.3) is 0 Å². The summed E-state index contributed by atoms with van der Waals surface area (Å²) in [6.07, 6.45) is 0. The van der Waals surface area contributed by atoms with Crippen molar-refractivity contribution in [2.75, 3.05) is 44.8 Å². The van der Waals surface area contributed by atoms with Gasteiger partial charge in [0.1, 0.15) is 6.04 Å². The number of benzene rings is 1. The number of carbonyl (C=O) groups excluding carboxylic acids is 2. The standard InChI is InChI=1S/C15H22N4O3/c1-22-10-13(16)15(21)19-8-6-18(7-9-19)12-4-2-11(3-5-12)14(17)20/h2-5,13H,6-10,16H2,1H3,(H2,17,20). The van der Waals surface area contributed by atoms with E-state index in [0.29, 0.717) is 18.7 Å². The topological polar surface area (TPSA) is 102 Å². The molecule has 0 aromatic heterocycles. The lowest BCUT2D eigenvalue weighted by Gasteiger charge is -2.37. The molecule has 0 bridgehead atoms. The zero-order valence-corrected chi connectivity index (χ0v) is 12.7. The zero-order chi connectivity index (χ0) is 16.1. The third-order valence-electron chi connectivity index (χ3n) is 3.77. The van der Waals surface area contributed by atoms with Crippen molar-refractivity contribution in [3.05, 3.63) is 29.8 Å². The van der Waals surface area contributed by atoms with E-state index in [1.165, 1.54) is 7.11 Å². The van der Waals surface area contributed by atoms with Gasteiger partial charge in [-0.3, -0.25) is 9.59 Å². The summed E-state index contributed by atoms with van der Waals surface area (Å²) in [5.74, 6) is -0.514. The molecule has 0 aliphatic carbocycles. The van der Waals surface area contributed by atoms with Gasteiger partial charge in [-0.05, 0) is 24.3 Å². The Hall–Kier alpha value is -2.12. The number of anilines is 1. The van der Waals surface area contributed by atoms with Crippen LogP contribution in [-0.2, 0) is 9.53 Å². The largest absolute Gasteiger partial charge is 0.383 e. The molecule has 1 heterocycles. The molecule has 1 fully saturated rings. The third kappa shape index (κ3) is 3.75. The first-order valence-electron chi connectivity index (χ1n) is 7.21. The number of ether oxygens (including phenoxy) is 1. The van der Waals surface area contributed by atoms with Crippen LogP contribution in [0, 0.1) is 0 Å². The fourth-order valence-corrected chi connectivity index (χ4v) is 2.51. The summed E-state index contributed by atoms with van der Waals surface area (Å²) >= 11 is 0. The second kappa shape index (κ2) is 7.24. The number of amides is 2. The predicted molar refractivity (Wildman–Crippen MR) is 83.6 cm³/mol. The Kier molecular flexibility index (Phi) is 5.35. The van der Waals surface area contributed by atoms with Crippen molar-refractivity contribution in [2.24, 2.45) is 11.5 Å². The van der Waals surface area contributed by atoms with E-state index in [9.17, 15) is 9.59 Å². The molecule has 1 aromatic carbocycles. The molecule has 22 heavy (non-hydrogen) atoms. The van der Waals surface area contributed by atoms with Crippen molar-refractivity contribution in [2.45, 2.75) is 6.04 Å². The van der Waals surface area contributed by atoms with Crippen LogP contribution in [0.4, 0.5) is 5.69 Å². The lowest BCUT2D eigenvalue weighted by atomic mass is 10.1. The lowest BCUT2D eigenvalue weighted by Crippen LogP contribution is -2.54. The van der Waals surface area contributed by atoms with E-state index in [1.54, 1.807) is 17.0 Å². The first-order valence-corrected chi connectivity index (χ1v) is 7.21. The minimum atomic E-state index is -0.605. The predicted octanol–water partition coefficient (Wildman–Crippen LogP) is -0.592. The van der Waals surface area contributed by atoms with Gasteiger partial charge in [-0.2, -0.15) is 0 Å². The Balaban J connectivity index is 1.91. The molecule has 7 heteroatoms. The summed E-state index contributed by atoms with van der Waals surface area (Å²) in [5, 5.41) is 0. The third-order valence-corrected chi connectivity index (χ3v) is 3.77. The molecule has 0 radical (unpaired) electrons. The Morgan fingerprint density at radius 3 is 2.27 bits per heavy atom. The van der Waals surface area contributed by atoms with Gasteiger partial charge in [0.15, 0.2) is 0 Å². The van der Waals surface area contributed by atoms with Gasteiger partial charge in [0, 0.05) is 44.5 Å². The van der Waals surface area contributed by atoms with Crippen molar-refractivity contribution in [1.29, 1.82) is 0 Å². The van der Waals surface area contributed by atoms with Gasteiger partial charge >= 0.3 is 0 Å². The summed E-state index contributed by atoms with van der Waals surface area (Å²) < 4.78 is 4.92. The summed E-state index contributed by atoms with van der Waals surface area (Å²) in [6.45, 7) is 2.91. The van der Waals surface area contributed by atoms with Crippen LogP contribution in [0.25, 0.3) is 0 Å². The summed E-state index contributed by atoms with van der Waals surface area (Å²) in [7, 11) is 1.53. The van der Waals surface area contributed by atoms with Crippen molar-refractivity contribution in [1.82, 2.24) is 4.90 Å². The number of primary amides is 1. The summed E-state index contributed by atoms with van der Waals surface area (Å²) in [5.41, 5.74) is 12.5. The van der Waals surface area contributed by atoms with Crippen LogP contribution >= 0.6 is 0 Å². The Morgan fingerprint density at radius 1 is 1.18 bits per heavy atom. The molecule has 1 saturated heterocycles. The highest BCUT2D eigenvalue weighted by atomic mass is 16.5. The number of hydrogen-bond acceptors (Lipinski definition) is 5. The number of piperazine rings is 1. The fourth-order valence-electron chi connectivity index (χ4n) is 2.51. The quantitative estimate of drug-likeness (QED) is 0.757. The highest BCUT2D eigenvalue weighted by molar-refractivity contribution is 5.93. The van der Waals surface area contributed by atoms with Crippen LogP contribution in [0.15, 0.2) is 24.3 Å². The van der Waals surface area contributed by atoms with E-state index < -0.39 is 11.9 Å². The molecular weight excluding hydrogens is 284 g/mol. The number of carbonyl (C=O) groups is 2. The lowest BCUT2D eigenvalue weighted by molar-refractivity contribution is -0.134. The van der Waals surface area contributed by atoms with E-state index in [2.05, 4.69) is 4.90 Å². The minimum absolute atomic E-state index is 0.0782. The first-order chi connectivity index (χ1) is 10.5. The molecule has 1 atom stereocenters. The second-order valence-corrected chi connectivity index (χ2v) is 5.29. The number of hydrogen-bond donors (Lipinski definition) is 2. The van der Waals surface area contributed by atoms with E-state index >= 15 is 0 Å². The molecule has 120 valence electrons. The van der Waals surface area contributed by atoms with Crippen LogP contribution < -0.4 is 16.4 Å². The maximum Gasteiger partial charge on any atom is 0.248 e. The van der Waals surface area contributed by atoms with Gasteiger partial charge in [-0.15, -0.1) is 0 Å². The monoisotopic (exact) mass is 306 g/mol. The molecule has 1 unspecified atom stereocenters. The molecule has 0 saturated carbocycles. The van der Waals surface area contributed by atoms with Crippen molar-refractivity contribution < 1.29 is 14.3 Å². The van der Waals surface area contributed by atoms with Crippen LogP contribution in [0.3, 0.4) is 0 Å². The van der Waals surface area contributed by atoms with Crippen LogP contribution in [0.2, 0.25) is 0 Å². The summed E-state index contributed by atoms with van der Waals surface area (Å²) in [6, 6.07) is 6.56. The van der Waals surface area contributed by atoms with E-state index in [0.717, 1.165) is 18.8 Å².